The topological polar surface area (TPSA) is 21.3 Å². The highest BCUT2D eigenvalue weighted by Gasteiger charge is 2.02. The minimum atomic E-state index is 0.893. The van der Waals surface area contributed by atoms with Gasteiger partial charge in [-0.25, -0.2) is 0 Å². The van der Waals surface area contributed by atoms with Crippen molar-refractivity contribution in [2.45, 2.75) is 23.3 Å². The molecule has 0 bridgehead atoms. The Hall–Kier alpha value is -1.45. The van der Waals surface area contributed by atoms with Crippen LogP contribution in [0.2, 0.25) is 0 Å². The van der Waals surface area contributed by atoms with Crippen molar-refractivity contribution in [3.8, 4) is 5.75 Å². The van der Waals surface area contributed by atoms with Crippen molar-refractivity contribution in [1.29, 1.82) is 0 Å². The average Bonchev–Trinajstić information content (AvgIpc) is 2.43. The minimum Gasteiger partial charge on any atom is -0.497 e. The predicted octanol–water partition coefficient (Wildman–Crippen LogP) is 3.87. The fourth-order valence-corrected chi connectivity index (χ4v) is 2.82. The van der Waals surface area contributed by atoms with Crippen LogP contribution in [-0.4, -0.2) is 14.2 Å². The third-order valence-electron chi connectivity index (χ3n) is 2.98. The first-order chi connectivity index (χ1) is 9.22. The highest BCUT2D eigenvalue weighted by atomic mass is 32.2. The van der Waals surface area contributed by atoms with Gasteiger partial charge in [0.05, 0.1) is 7.11 Å². The number of ether oxygens (including phenoxy) is 1. The Kier molecular flexibility index (Phi) is 4.88. The second-order valence-electron chi connectivity index (χ2n) is 4.40. The fraction of sp³-hybridized carbons (Fsp3) is 0.250. The van der Waals surface area contributed by atoms with Crippen LogP contribution < -0.4 is 10.1 Å². The van der Waals surface area contributed by atoms with Crippen molar-refractivity contribution < 1.29 is 4.74 Å². The van der Waals surface area contributed by atoms with Gasteiger partial charge in [0, 0.05) is 16.3 Å². The van der Waals surface area contributed by atoms with Crippen molar-refractivity contribution >= 4 is 11.8 Å². The summed E-state index contributed by atoms with van der Waals surface area (Å²) in [6, 6.07) is 14.8. The molecule has 2 nitrogen and oxygen atoms in total. The first kappa shape index (κ1) is 14.0. The standard InChI is InChI=1S/C16H19NOS/c1-12-10-16(7-4-13(12)11-17-2)19-15-8-5-14(18-3)6-9-15/h4-10,17H,11H2,1-3H3. The lowest BCUT2D eigenvalue weighted by Crippen LogP contribution is -2.06. The zero-order valence-corrected chi connectivity index (χ0v) is 12.4. The Morgan fingerprint density at radius 1 is 1.05 bits per heavy atom. The number of aryl methyl sites for hydroxylation is 1. The fourth-order valence-electron chi connectivity index (χ4n) is 1.90. The molecule has 2 aromatic rings. The number of benzene rings is 2. The van der Waals surface area contributed by atoms with Gasteiger partial charge in [0.1, 0.15) is 5.75 Å². The second kappa shape index (κ2) is 6.64. The summed E-state index contributed by atoms with van der Waals surface area (Å²) in [5.74, 6) is 0.893. The highest BCUT2D eigenvalue weighted by molar-refractivity contribution is 7.99. The Bertz CT molecular complexity index is 537. The second-order valence-corrected chi connectivity index (χ2v) is 5.54. The molecule has 19 heavy (non-hydrogen) atoms. The first-order valence-corrected chi connectivity index (χ1v) is 7.10. The van der Waals surface area contributed by atoms with Gasteiger partial charge in [-0.3, -0.25) is 0 Å². The zero-order valence-electron chi connectivity index (χ0n) is 11.6. The summed E-state index contributed by atoms with van der Waals surface area (Å²) in [7, 11) is 3.66. The lowest BCUT2D eigenvalue weighted by atomic mass is 10.1. The molecule has 0 spiro atoms. The summed E-state index contributed by atoms with van der Waals surface area (Å²) in [5.41, 5.74) is 2.68. The van der Waals surface area contributed by atoms with Crippen LogP contribution in [0.15, 0.2) is 52.3 Å². The van der Waals surface area contributed by atoms with Crippen LogP contribution >= 0.6 is 11.8 Å². The molecule has 0 saturated carbocycles. The van der Waals surface area contributed by atoms with E-state index >= 15 is 0 Å². The molecule has 0 amide bonds. The molecule has 0 atom stereocenters. The summed E-state index contributed by atoms with van der Waals surface area (Å²) >= 11 is 1.77. The van der Waals surface area contributed by atoms with Crippen molar-refractivity contribution in [2.75, 3.05) is 14.2 Å². The molecule has 2 aromatic carbocycles. The number of hydrogen-bond donors (Lipinski definition) is 1. The maximum atomic E-state index is 5.16. The predicted molar refractivity (Wildman–Crippen MR) is 81.1 cm³/mol. The van der Waals surface area contributed by atoms with Crippen LogP contribution in [0.1, 0.15) is 11.1 Å². The van der Waals surface area contributed by atoms with Crippen molar-refractivity contribution in [2.24, 2.45) is 0 Å². The van der Waals surface area contributed by atoms with Gasteiger partial charge in [-0.2, -0.15) is 0 Å². The smallest absolute Gasteiger partial charge is 0.118 e. The molecule has 0 aliphatic carbocycles. The zero-order chi connectivity index (χ0) is 13.7. The summed E-state index contributed by atoms with van der Waals surface area (Å²) in [5, 5.41) is 3.19. The Labute approximate surface area is 119 Å². The van der Waals surface area contributed by atoms with Gasteiger partial charge < -0.3 is 10.1 Å². The maximum absolute atomic E-state index is 5.16. The van der Waals surface area contributed by atoms with Gasteiger partial charge in [0.25, 0.3) is 0 Å². The summed E-state index contributed by atoms with van der Waals surface area (Å²) in [6.07, 6.45) is 0. The van der Waals surface area contributed by atoms with Crippen LogP contribution in [0.5, 0.6) is 5.75 Å². The third kappa shape index (κ3) is 3.75. The molecule has 0 saturated heterocycles. The minimum absolute atomic E-state index is 0.893. The molecule has 0 heterocycles. The average molecular weight is 273 g/mol. The first-order valence-electron chi connectivity index (χ1n) is 6.29. The summed E-state index contributed by atoms with van der Waals surface area (Å²) in [6.45, 7) is 3.07. The normalized spacial score (nSPS) is 10.5. The summed E-state index contributed by atoms with van der Waals surface area (Å²) in [4.78, 5) is 2.49. The molecule has 0 aliphatic heterocycles. The number of hydrogen-bond acceptors (Lipinski definition) is 3. The molecule has 0 fully saturated rings. The van der Waals surface area contributed by atoms with Crippen LogP contribution in [0.3, 0.4) is 0 Å². The molecule has 0 aliphatic rings. The molecular formula is C16H19NOS. The number of methoxy groups -OCH3 is 1. The molecule has 0 radical (unpaired) electrons. The van der Waals surface area contributed by atoms with E-state index in [0.29, 0.717) is 0 Å². The highest BCUT2D eigenvalue weighted by Crippen LogP contribution is 2.30. The molecule has 0 unspecified atom stereocenters. The Morgan fingerprint density at radius 2 is 1.74 bits per heavy atom. The third-order valence-corrected chi connectivity index (χ3v) is 3.97. The largest absolute Gasteiger partial charge is 0.497 e. The molecular weight excluding hydrogens is 254 g/mol. The van der Waals surface area contributed by atoms with Gasteiger partial charge in [-0.1, -0.05) is 17.8 Å². The molecule has 100 valence electrons. The Balaban J connectivity index is 2.11. The van der Waals surface area contributed by atoms with E-state index in [-0.39, 0.29) is 0 Å². The van der Waals surface area contributed by atoms with E-state index < -0.39 is 0 Å². The van der Waals surface area contributed by atoms with E-state index in [2.05, 4.69) is 42.6 Å². The molecule has 0 aromatic heterocycles. The van der Waals surface area contributed by atoms with Crippen LogP contribution in [0.4, 0.5) is 0 Å². The van der Waals surface area contributed by atoms with E-state index in [1.54, 1.807) is 18.9 Å². The number of nitrogens with one attached hydrogen (secondary N) is 1. The lowest BCUT2D eigenvalue weighted by molar-refractivity contribution is 0.414. The monoisotopic (exact) mass is 273 g/mol. The molecule has 1 N–H and O–H groups in total. The molecule has 3 heteroatoms. The quantitative estimate of drug-likeness (QED) is 0.893. The molecule has 2 rings (SSSR count). The van der Waals surface area contributed by atoms with Crippen molar-refractivity contribution in [1.82, 2.24) is 5.32 Å². The van der Waals surface area contributed by atoms with Gasteiger partial charge in [-0.05, 0) is 61.5 Å². The number of rotatable bonds is 5. The van der Waals surface area contributed by atoms with Crippen LogP contribution in [-0.2, 0) is 6.54 Å². The van der Waals surface area contributed by atoms with Crippen LogP contribution in [0, 0.1) is 6.92 Å². The lowest BCUT2D eigenvalue weighted by Gasteiger charge is -2.08. The van der Waals surface area contributed by atoms with E-state index in [4.69, 9.17) is 4.74 Å². The van der Waals surface area contributed by atoms with Gasteiger partial charge in [-0.15, -0.1) is 0 Å². The van der Waals surface area contributed by atoms with Crippen LogP contribution in [0.25, 0.3) is 0 Å². The van der Waals surface area contributed by atoms with Crippen molar-refractivity contribution in [3.05, 3.63) is 53.6 Å². The van der Waals surface area contributed by atoms with Crippen molar-refractivity contribution in [3.63, 3.8) is 0 Å². The SMILES string of the molecule is CNCc1ccc(Sc2ccc(OC)cc2)cc1C. The van der Waals surface area contributed by atoms with Gasteiger partial charge in [0.2, 0.25) is 0 Å². The van der Waals surface area contributed by atoms with E-state index in [0.717, 1.165) is 12.3 Å². The van der Waals surface area contributed by atoms with E-state index in [1.807, 2.05) is 19.2 Å². The maximum Gasteiger partial charge on any atom is 0.118 e. The van der Waals surface area contributed by atoms with E-state index in [9.17, 15) is 0 Å². The van der Waals surface area contributed by atoms with Gasteiger partial charge in [0.15, 0.2) is 0 Å². The summed E-state index contributed by atoms with van der Waals surface area (Å²) < 4.78 is 5.16. The van der Waals surface area contributed by atoms with Gasteiger partial charge >= 0.3 is 0 Å². The van der Waals surface area contributed by atoms with E-state index in [1.165, 1.54) is 20.9 Å². The Morgan fingerprint density at radius 3 is 2.32 bits per heavy atom.